The first-order valence-electron chi connectivity index (χ1n) is 8.18. The molecule has 0 bridgehead atoms. The number of benzene rings is 1. The zero-order valence-corrected chi connectivity index (χ0v) is 14.5. The number of amides is 1. The third-order valence-corrected chi connectivity index (χ3v) is 4.98. The van der Waals surface area contributed by atoms with Gasteiger partial charge in [0.2, 0.25) is 0 Å². The fourth-order valence-electron chi connectivity index (χ4n) is 3.01. The SMILES string of the molecule is Cc1cc(O[C@H](C)C(=O)NCC2CCCCC2)cc(C)c1Cl. The van der Waals surface area contributed by atoms with Crippen molar-refractivity contribution in [3.05, 3.63) is 28.3 Å². The van der Waals surface area contributed by atoms with Gasteiger partial charge in [0.1, 0.15) is 5.75 Å². The van der Waals surface area contributed by atoms with Gasteiger partial charge in [-0.25, -0.2) is 0 Å². The molecule has 0 unspecified atom stereocenters. The van der Waals surface area contributed by atoms with E-state index in [1.54, 1.807) is 6.92 Å². The molecular weight excluding hydrogens is 298 g/mol. The molecule has 1 amide bonds. The maximum atomic E-state index is 12.2. The molecular formula is C18H26ClNO2. The fourth-order valence-corrected chi connectivity index (χ4v) is 3.12. The van der Waals surface area contributed by atoms with E-state index in [4.69, 9.17) is 16.3 Å². The summed E-state index contributed by atoms with van der Waals surface area (Å²) >= 11 is 6.15. The second kappa shape index (κ2) is 7.87. The van der Waals surface area contributed by atoms with Gasteiger partial charge in [0.15, 0.2) is 6.10 Å². The molecule has 4 heteroatoms. The van der Waals surface area contributed by atoms with Gasteiger partial charge in [0.05, 0.1) is 0 Å². The van der Waals surface area contributed by atoms with Crippen LogP contribution >= 0.6 is 11.6 Å². The molecule has 0 saturated heterocycles. The van der Waals surface area contributed by atoms with Gasteiger partial charge in [-0.1, -0.05) is 30.9 Å². The Kier molecular flexibility index (Phi) is 6.13. The summed E-state index contributed by atoms with van der Waals surface area (Å²) in [5.74, 6) is 1.28. The Morgan fingerprint density at radius 2 is 1.86 bits per heavy atom. The quantitative estimate of drug-likeness (QED) is 0.871. The van der Waals surface area contributed by atoms with E-state index in [1.165, 1.54) is 32.1 Å². The molecule has 1 N–H and O–H groups in total. The van der Waals surface area contributed by atoms with Crippen molar-refractivity contribution in [1.82, 2.24) is 5.32 Å². The van der Waals surface area contributed by atoms with E-state index < -0.39 is 6.10 Å². The summed E-state index contributed by atoms with van der Waals surface area (Å²) in [6, 6.07) is 3.75. The number of aryl methyl sites for hydroxylation is 2. The van der Waals surface area contributed by atoms with Crippen molar-refractivity contribution in [1.29, 1.82) is 0 Å². The van der Waals surface area contributed by atoms with Crippen LogP contribution in [0.1, 0.15) is 50.2 Å². The van der Waals surface area contributed by atoms with Crippen molar-refractivity contribution >= 4 is 17.5 Å². The molecule has 0 heterocycles. The number of halogens is 1. The number of ether oxygens (including phenoxy) is 1. The van der Waals surface area contributed by atoms with E-state index in [2.05, 4.69) is 5.32 Å². The predicted octanol–water partition coefficient (Wildman–Crippen LogP) is 4.42. The number of hydrogen-bond acceptors (Lipinski definition) is 2. The average molecular weight is 324 g/mol. The summed E-state index contributed by atoms with van der Waals surface area (Å²) in [6.45, 7) is 6.44. The highest BCUT2D eigenvalue weighted by Crippen LogP contribution is 2.26. The second-order valence-electron chi connectivity index (χ2n) is 6.38. The zero-order valence-electron chi connectivity index (χ0n) is 13.7. The highest BCUT2D eigenvalue weighted by atomic mass is 35.5. The Morgan fingerprint density at radius 1 is 1.27 bits per heavy atom. The number of carbonyl (C=O) groups excluding carboxylic acids is 1. The van der Waals surface area contributed by atoms with Gasteiger partial charge in [0.25, 0.3) is 5.91 Å². The summed E-state index contributed by atoms with van der Waals surface area (Å²) in [5.41, 5.74) is 1.93. The first-order valence-corrected chi connectivity index (χ1v) is 8.56. The molecule has 0 aliphatic heterocycles. The molecule has 122 valence electrons. The Bertz CT molecular complexity index is 501. The second-order valence-corrected chi connectivity index (χ2v) is 6.76. The standard InChI is InChI=1S/C18H26ClNO2/c1-12-9-16(10-13(2)17(12)19)22-14(3)18(21)20-11-15-7-5-4-6-8-15/h9-10,14-15H,4-8,11H2,1-3H3,(H,20,21)/t14-/m1/s1. The van der Waals surface area contributed by atoms with E-state index in [-0.39, 0.29) is 5.91 Å². The topological polar surface area (TPSA) is 38.3 Å². The van der Waals surface area contributed by atoms with Gasteiger partial charge in [-0.2, -0.15) is 0 Å². The van der Waals surface area contributed by atoms with E-state index >= 15 is 0 Å². The number of rotatable bonds is 5. The maximum absolute atomic E-state index is 12.2. The van der Waals surface area contributed by atoms with Crippen LogP contribution in [-0.4, -0.2) is 18.6 Å². The molecule has 0 radical (unpaired) electrons. The predicted molar refractivity (Wildman–Crippen MR) is 90.6 cm³/mol. The normalized spacial score (nSPS) is 17.1. The van der Waals surface area contributed by atoms with Crippen LogP contribution in [0, 0.1) is 19.8 Å². The monoisotopic (exact) mass is 323 g/mol. The van der Waals surface area contributed by atoms with Crippen LogP contribution < -0.4 is 10.1 Å². The smallest absolute Gasteiger partial charge is 0.260 e. The molecule has 1 aliphatic carbocycles. The van der Waals surface area contributed by atoms with E-state index in [1.807, 2.05) is 26.0 Å². The van der Waals surface area contributed by atoms with Crippen molar-refractivity contribution in [2.45, 2.75) is 59.0 Å². The van der Waals surface area contributed by atoms with Gasteiger partial charge >= 0.3 is 0 Å². The van der Waals surface area contributed by atoms with Crippen molar-refractivity contribution in [2.24, 2.45) is 5.92 Å². The highest BCUT2D eigenvalue weighted by molar-refractivity contribution is 6.32. The molecule has 1 saturated carbocycles. The molecule has 0 aromatic heterocycles. The van der Waals surface area contributed by atoms with Crippen molar-refractivity contribution < 1.29 is 9.53 Å². The first-order chi connectivity index (χ1) is 10.5. The van der Waals surface area contributed by atoms with Crippen LogP contribution in [0.3, 0.4) is 0 Å². The van der Waals surface area contributed by atoms with Crippen LogP contribution in [-0.2, 0) is 4.79 Å². The molecule has 1 aromatic rings. The number of nitrogens with one attached hydrogen (secondary N) is 1. The maximum Gasteiger partial charge on any atom is 0.260 e. The van der Waals surface area contributed by atoms with E-state index in [0.29, 0.717) is 11.7 Å². The summed E-state index contributed by atoms with van der Waals surface area (Å²) < 4.78 is 5.76. The fraction of sp³-hybridized carbons (Fsp3) is 0.611. The molecule has 1 aromatic carbocycles. The third-order valence-electron chi connectivity index (χ3n) is 4.38. The Morgan fingerprint density at radius 3 is 2.45 bits per heavy atom. The van der Waals surface area contributed by atoms with E-state index in [9.17, 15) is 4.79 Å². The highest BCUT2D eigenvalue weighted by Gasteiger charge is 2.18. The molecule has 1 atom stereocenters. The van der Waals surface area contributed by atoms with Crippen LogP contribution in [0.15, 0.2) is 12.1 Å². The van der Waals surface area contributed by atoms with Gasteiger partial charge < -0.3 is 10.1 Å². The van der Waals surface area contributed by atoms with Gasteiger partial charge in [-0.05, 0) is 62.8 Å². The van der Waals surface area contributed by atoms with Crippen molar-refractivity contribution in [3.63, 3.8) is 0 Å². The first kappa shape index (κ1) is 17.1. The Hall–Kier alpha value is -1.22. The molecule has 0 spiro atoms. The minimum atomic E-state index is -0.497. The lowest BCUT2D eigenvalue weighted by molar-refractivity contribution is -0.127. The number of hydrogen-bond donors (Lipinski definition) is 1. The largest absolute Gasteiger partial charge is 0.481 e. The Balaban J connectivity index is 1.85. The van der Waals surface area contributed by atoms with Crippen molar-refractivity contribution in [3.8, 4) is 5.75 Å². The summed E-state index contributed by atoms with van der Waals surface area (Å²) in [5, 5.41) is 3.77. The van der Waals surface area contributed by atoms with Crippen LogP contribution in [0.25, 0.3) is 0 Å². The summed E-state index contributed by atoms with van der Waals surface area (Å²) in [7, 11) is 0. The summed E-state index contributed by atoms with van der Waals surface area (Å²) in [6.07, 6.45) is 5.87. The lowest BCUT2D eigenvalue weighted by atomic mass is 9.89. The molecule has 22 heavy (non-hydrogen) atoms. The molecule has 1 fully saturated rings. The zero-order chi connectivity index (χ0) is 16.1. The van der Waals surface area contributed by atoms with Crippen LogP contribution in [0.5, 0.6) is 5.75 Å². The number of carbonyl (C=O) groups is 1. The lowest BCUT2D eigenvalue weighted by Gasteiger charge is -2.23. The lowest BCUT2D eigenvalue weighted by Crippen LogP contribution is -2.39. The minimum Gasteiger partial charge on any atom is -0.481 e. The van der Waals surface area contributed by atoms with Crippen molar-refractivity contribution in [2.75, 3.05) is 6.54 Å². The van der Waals surface area contributed by atoms with Gasteiger partial charge in [-0.15, -0.1) is 0 Å². The molecule has 1 aliphatic rings. The van der Waals surface area contributed by atoms with Gasteiger partial charge in [-0.3, -0.25) is 4.79 Å². The minimum absolute atomic E-state index is 0.0455. The molecule has 2 rings (SSSR count). The van der Waals surface area contributed by atoms with E-state index in [0.717, 1.165) is 22.7 Å². The van der Waals surface area contributed by atoms with Gasteiger partial charge in [0, 0.05) is 11.6 Å². The molecule has 3 nitrogen and oxygen atoms in total. The average Bonchev–Trinajstić information content (AvgIpc) is 2.51. The van der Waals surface area contributed by atoms with Crippen LogP contribution in [0.4, 0.5) is 0 Å². The Labute approximate surface area is 138 Å². The van der Waals surface area contributed by atoms with Crippen LogP contribution in [0.2, 0.25) is 5.02 Å². The third kappa shape index (κ3) is 4.64. The summed E-state index contributed by atoms with van der Waals surface area (Å²) in [4.78, 5) is 12.2.